The van der Waals surface area contributed by atoms with Crippen LogP contribution in [-0.4, -0.2) is 26.3 Å². The van der Waals surface area contributed by atoms with E-state index in [-0.39, 0.29) is 17.0 Å². The lowest BCUT2D eigenvalue weighted by Crippen LogP contribution is -2.10. The van der Waals surface area contributed by atoms with E-state index in [9.17, 15) is 4.79 Å². The van der Waals surface area contributed by atoms with Gasteiger partial charge < -0.3 is 8.98 Å². The maximum Gasteiger partial charge on any atom is 0.277 e. The molecule has 2 heterocycles. The van der Waals surface area contributed by atoms with Gasteiger partial charge >= 0.3 is 0 Å². The predicted octanol–water partition coefficient (Wildman–Crippen LogP) is 4.96. The Balaban J connectivity index is 1.67. The van der Waals surface area contributed by atoms with Gasteiger partial charge in [-0.15, -0.1) is 10.2 Å². The van der Waals surface area contributed by atoms with Crippen LogP contribution in [0.2, 0.25) is 0 Å². The summed E-state index contributed by atoms with van der Waals surface area (Å²) < 4.78 is 7.74. The Morgan fingerprint density at radius 3 is 2.37 bits per heavy atom. The summed E-state index contributed by atoms with van der Waals surface area (Å²) in [5, 5.41) is 8.58. The maximum absolute atomic E-state index is 12.5. The number of benzene rings is 1. The number of aryl methyl sites for hydroxylation is 1. The summed E-state index contributed by atoms with van der Waals surface area (Å²) in [6, 6.07) is 10.1. The smallest absolute Gasteiger partial charge is 0.277 e. The van der Waals surface area contributed by atoms with Gasteiger partial charge in [-0.05, 0) is 43.0 Å². The quantitative estimate of drug-likeness (QED) is 0.460. The van der Waals surface area contributed by atoms with Crippen LogP contribution in [0.3, 0.4) is 0 Å². The third kappa shape index (κ3) is 4.16. The lowest BCUT2D eigenvalue weighted by molar-refractivity contribution is 0.102. The monoisotopic (exact) mass is 383 g/mol. The van der Waals surface area contributed by atoms with Gasteiger partial charge in [0.05, 0.1) is 5.75 Å². The number of hydrogen-bond acceptors (Lipinski definition) is 5. The molecule has 0 amide bonds. The highest BCUT2D eigenvalue weighted by atomic mass is 32.2. The zero-order chi connectivity index (χ0) is 19.8. The average Bonchev–Trinajstić information content (AvgIpc) is 3.20. The van der Waals surface area contributed by atoms with Crippen molar-refractivity contribution in [2.24, 2.45) is 7.05 Å². The van der Waals surface area contributed by atoms with E-state index in [1.807, 2.05) is 43.7 Å². The summed E-state index contributed by atoms with van der Waals surface area (Å²) in [5.74, 6) is 0.808. The summed E-state index contributed by atoms with van der Waals surface area (Å²) in [6.45, 7) is 10.5. The summed E-state index contributed by atoms with van der Waals surface area (Å²) in [5.41, 5.74) is 5.02. The van der Waals surface area contributed by atoms with Gasteiger partial charge in [-0.3, -0.25) is 4.79 Å². The zero-order valence-corrected chi connectivity index (χ0v) is 17.5. The Bertz CT molecular complexity index is 962. The maximum atomic E-state index is 12.5. The van der Waals surface area contributed by atoms with Gasteiger partial charge in [0.2, 0.25) is 5.89 Å². The van der Waals surface area contributed by atoms with Crippen LogP contribution in [0.25, 0.3) is 11.5 Å². The molecule has 0 spiro atoms. The molecule has 0 atom stereocenters. The molecule has 5 nitrogen and oxygen atoms in total. The third-order valence-electron chi connectivity index (χ3n) is 4.81. The van der Waals surface area contributed by atoms with Crippen LogP contribution in [0.1, 0.15) is 48.1 Å². The molecular weight excluding hydrogens is 358 g/mol. The summed E-state index contributed by atoms with van der Waals surface area (Å²) >= 11 is 1.27. The SMILES string of the molecule is Cc1cc(C(=O)CSc2nnc(-c3ccc(C(C)(C)C)cc3)o2)c(C)n1C. The second-order valence-corrected chi connectivity index (χ2v) is 8.68. The van der Waals surface area contributed by atoms with Crippen molar-refractivity contribution in [3.63, 3.8) is 0 Å². The number of carbonyl (C=O) groups is 1. The van der Waals surface area contributed by atoms with Crippen molar-refractivity contribution in [2.75, 3.05) is 5.75 Å². The normalized spacial score (nSPS) is 11.8. The highest BCUT2D eigenvalue weighted by Gasteiger charge is 2.17. The molecule has 1 aromatic carbocycles. The van der Waals surface area contributed by atoms with Crippen molar-refractivity contribution in [1.29, 1.82) is 0 Å². The molecule has 0 radical (unpaired) electrons. The van der Waals surface area contributed by atoms with Gasteiger partial charge in [-0.25, -0.2) is 0 Å². The van der Waals surface area contributed by atoms with E-state index in [4.69, 9.17) is 4.42 Å². The molecule has 0 aliphatic heterocycles. The molecule has 0 unspecified atom stereocenters. The van der Waals surface area contributed by atoms with Crippen LogP contribution in [0.15, 0.2) is 40.0 Å². The minimum Gasteiger partial charge on any atom is -0.411 e. The fraction of sp³-hybridized carbons (Fsp3) is 0.381. The number of aromatic nitrogens is 3. The molecule has 0 aliphatic rings. The van der Waals surface area contributed by atoms with E-state index in [0.29, 0.717) is 11.1 Å². The van der Waals surface area contributed by atoms with E-state index >= 15 is 0 Å². The van der Waals surface area contributed by atoms with E-state index in [1.165, 1.54) is 17.3 Å². The zero-order valence-electron chi connectivity index (χ0n) is 16.7. The lowest BCUT2D eigenvalue weighted by Gasteiger charge is -2.18. The molecule has 142 valence electrons. The third-order valence-corrected chi connectivity index (χ3v) is 5.63. The second-order valence-electron chi connectivity index (χ2n) is 7.76. The first-order chi connectivity index (χ1) is 12.7. The lowest BCUT2D eigenvalue weighted by atomic mass is 9.87. The highest BCUT2D eigenvalue weighted by molar-refractivity contribution is 7.99. The summed E-state index contributed by atoms with van der Waals surface area (Å²) in [4.78, 5) is 12.5. The Labute approximate surface area is 164 Å². The number of rotatable bonds is 5. The molecule has 0 aliphatic carbocycles. The van der Waals surface area contributed by atoms with Crippen molar-refractivity contribution in [2.45, 2.75) is 45.3 Å². The Morgan fingerprint density at radius 2 is 1.81 bits per heavy atom. The molecule has 0 bridgehead atoms. The van der Waals surface area contributed by atoms with Crippen molar-refractivity contribution < 1.29 is 9.21 Å². The second kappa shape index (κ2) is 7.35. The standard InChI is InChI=1S/C21H25N3O2S/c1-13-11-17(14(2)24(13)6)18(25)12-27-20-23-22-19(26-20)15-7-9-16(10-8-15)21(3,4)5/h7-11H,12H2,1-6H3. The minimum absolute atomic E-state index is 0.0653. The predicted molar refractivity (Wildman–Crippen MR) is 108 cm³/mol. The number of nitrogens with zero attached hydrogens (tertiary/aromatic N) is 3. The fourth-order valence-electron chi connectivity index (χ4n) is 2.84. The number of carbonyl (C=O) groups excluding carboxylic acids is 1. The van der Waals surface area contributed by atoms with Crippen LogP contribution >= 0.6 is 11.8 Å². The molecule has 0 saturated carbocycles. The van der Waals surface area contributed by atoms with Gasteiger partial charge in [0.25, 0.3) is 5.22 Å². The Morgan fingerprint density at radius 1 is 1.15 bits per heavy atom. The molecule has 6 heteroatoms. The molecule has 0 fully saturated rings. The van der Waals surface area contributed by atoms with Gasteiger partial charge in [0, 0.05) is 29.6 Å². The van der Waals surface area contributed by atoms with Crippen molar-refractivity contribution in [3.8, 4) is 11.5 Å². The molecule has 0 saturated heterocycles. The van der Waals surface area contributed by atoms with Crippen LogP contribution in [0.4, 0.5) is 0 Å². The van der Waals surface area contributed by atoms with Crippen molar-refractivity contribution in [3.05, 3.63) is 52.8 Å². The van der Waals surface area contributed by atoms with Crippen molar-refractivity contribution >= 4 is 17.5 Å². The molecule has 0 N–H and O–H groups in total. The van der Waals surface area contributed by atoms with Gasteiger partial charge in [0.15, 0.2) is 5.78 Å². The Kier molecular flexibility index (Phi) is 5.29. The number of thioether (sulfide) groups is 1. The first-order valence-corrected chi connectivity index (χ1v) is 9.88. The highest BCUT2D eigenvalue weighted by Crippen LogP contribution is 2.27. The largest absolute Gasteiger partial charge is 0.411 e. The number of hydrogen-bond donors (Lipinski definition) is 0. The summed E-state index contributed by atoms with van der Waals surface area (Å²) in [6.07, 6.45) is 0. The Hall–Kier alpha value is -2.34. The molecular formula is C21H25N3O2S. The van der Waals surface area contributed by atoms with Crippen LogP contribution in [0.5, 0.6) is 0 Å². The van der Waals surface area contributed by atoms with Crippen LogP contribution in [0, 0.1) is 13.8 Å². The van der Waals surface area contributed by atoms with Gasteiger partial charge in [0.1, 0.15) is 0 Å². The summed E-state index contributed by atoms with van der Waals surface area (Å²) in [7, 11) is 1.96. The minimum atomic E-state index is 0.0653. The van der Waals surface area contributed by atoms with E-state index in [1.54, 1.807) is 0 Å². The number of Topliss-reactive ketones (excluding diaryl/α,β-unsaturated/α-hetero) is 1. The van der Waals surface area contributed by atoms with E-state index < -0.39 is 0 Å². The fourth-order valence-corrected chi connectivity index (χ4v) is 3.49. The van der Waals surface area contributed by atoms with E-state index in [2.05, 4.69) is 43.1 Å². The van der Waals surface area contributed by atoms with Crippen molar-refractivity contribution in [1.82, 2.24) is 14.8 Å². The molecule has 2 aromatic heterocycles. The van der Waals surface area contributed by atoms with E-state index in [0.717, 1.165) is 22.5 Å². The van der Waals surface area contributed by atoms with Gasteiger partial charge in [-0.1, -0.05) is 44.7 Å². The van der Waals surface area contributed by atoms with Gasteiger partial charge in [-0.2, -0.15) is 0 Å². The average molecular weight is 384 g/mol. The van der Waals surface area contributed by atoms with Crippen LogP contribution < -0.4 is 0 Å². The molecule has 27 heavy (non-hydrogen) atoms. The molecule has 3 rings (SSSR count). The first kappa shape index (κ1) is 19.4. The molecule has 3 aromatic rings. The number of ketones is 1. The topological polar surface area (TPSA) is 60.9 Å². The van der Waals surface area contributed by atoms with Crippen LogP contribution in [-0.2, 0) is 12.5 Å². The first-order valence-electron chi connectivity index (χ1n) is 8.90.